The molecule has 4 aromatic rings. The van der Waals surface area contributed by atoms with Crippen LogP contribution in [0.3, 0.4) is 0 Å². The molecule has 2 aromatic heterocycles. The first-order valence-corrected chi connectivity index (χ1v) is 5.98. The molecule has 0 spiro atoms. The zero-order chi connectivity index (χ0) is 13.8. The predicted octanol–water partition coefficient (Wildman–Crippen LogP) is 3.02. The Kier molecular flexibility index (Phi) is 3.24. The highest BCUT2D eigenvalue weighted by Crippen LogP contribution is 2.17. The number of aromatic nitrogens is 2. The molecule has 0 radical (unpaired) electrons. The molecule has 0 fully saturated rings. The zero-order valence-corrected chi connectivity index (χ0v) is 10.4. The van der Waals surface area contributed by atoms with Crippen molar-refractivity contribution in [2.24, 2.45) is 0 Å². The van der Waals surface area contributed by atoms with Gasteiger partial charge in [0, 0.05) is 5.27 Å². The van der Waals surface area contributed by atoms with Crippen molar-refractivity contribution >= 4 is 21.9 Å². The fraction of sp³-hybridized carbons (Fsp3) is 0. The highest BCUT2D eigenvalue weighted by Gasteiger charge is 2.04. The SMILES string of the molecule is O=c1c2ccccc2oc2ccccc12.c1conn1. The van der Waals surface area contributed by atoms with Gasteiger partial charge in [-0.2, -0.15) is 0 Å². The number of hydrogen-bond acceptors (Lipinski definition) is 5. The molecule has 0 saturated heterocycles. The van der Waals surface area contributed by atoms with E-state index in [4.69, 9.17) is 4.42 Å². The van der Waals surface area contributed by atoms with E-state index < -0.39 is 0 Å². The van der Waals surface area contributed by atoms with Gasteiger partial charge in [0.15, 0.2) is 0 Å². The summed E-state index contributed by atoms with van der Waals surface area (Å²) in [7, 11) is 0. The molecule has 2 aromatic carbocycles. The minimum absolute atomic E-state index is 0.0347. The van der Waals surface area contributed by atoms with Crippen molar-refractivity contribution in [3.05, 3.63) is 71.2 Å². The molecule has 0 unspecified atom stereocenters. The van der Waals surface area contributed by atoms with Crippen molar-refractivity contribution in [2.45, 2.75) is 0 Å². The Hall–Kier alpha value is -2.95. The molecule has 0 aliphatic rings. The molecule has 2 heterocycles. The van der Waals surface area contributed by atoms with E-state index in [1.807, 2.05) is 36.4 Å². The van der Waals surface area contributed by atoms with E-state index in [1.54, 1.807) is 12.1 Å². The second-order valence-electron chi connectivity index (χ2n) is 4.01. The van der Waals surface area contributed by atoms with Crippen molar-refractivity contribution in [2.75, 3.05) is 0 Å². The third-order valence-electron chi connectivity index (χ3n) is 2.77. The summed E-state index contributed by atoms with van der Waals surface area (Å²) in [5.74, 6) is 0. The maximum atomic E-state index is 12.0. The molecule has 0 saturated carbocycles. The normalized spacial score (nSPS) is 10.2. The third-order valence-corrected chi connectivity index (χ3v) is 2.77. The lowest BCUT2D eigenvalue weighted by Gasteiger charge is -1.99. The van der Waals surface area contributed by atoms with E-state index in [0.29, 0.717) is 21.9 Å². The van der Waals surface area contributed by atoms with Gasteiger partial charge in [-0.15, -0.1) is 5.10 Å². The minimum atomic E-state index is 0.0347. The van der Waals surface area contributed by atoms with Crippen LogP contribution in [-0.4, -0.2) is 10.4 Å². The lowest BCUT2D eigenvalue weighted by molar-refractivity contribution is 0.393. The first-order chi connectivity index (χ1) is 9.86. The highest BCUT2D eigenvalue weighted by molar-refractivity contribution is 5.89. The number of fused-ring (bicyclic) bond motifs is 2. The molecule has 0 aliphatic heterocycles. The number of hydrogen-bond donors (Lipinski definition) is 0. The molecule has 20 heavy (non-hydrogen) atoms. The average Bonchev–Trinajstić information content (AvgIpc) is 3.07. The van der Waals surface area contributed by atoms with Crippen LogP contribution in [-0.2, 0) is 0 Å². The van der Waals surface area contributed by atoms with Crippen molar-refractivity contribution in [1.29, 1.82) is 0 Å². The van der Waals surface area contributed by atoms with Gasteiger partial charge in [-0.25, -0.2) is 0 Å². The molecular formula is C15H10N2O3. The molecule has 0 amide bonds. The fourth-order valence-electron chi connectivity index (χ4n) is 1.89. The second-order valence-corrected chi connectivity index (χ2v) is 4.01. The van der Waals surface area contributed by atoms with E-state index in [0.717, 1.165) is 0 Å². The Morgan fingerprint density at radius 3 is 1.90 bits per heavy atom. The van der Waals surface area contributed by atoms with Gasteiger partial charge in [0.1, 0.15) is 17.4 Å². The van der Waals surface area contributed by atoms with Crippen molar-refractivity contribution in [3.8, 4) is 0 Å². The molecule has 98 valence electrons. The van der Waals surface area contributed by atoms with Gasteiger partial charge in [0.05, 0.1) is 17.0 Å². The Morgan fingerprint density at radius 2 is 1.45 bits per heavy atom. The molecule has 5 nitrogen and oxygen atoms in total. The predicted molar refractivity (Wildman–Crippen MR) is 74.3 cm³/mol. The number of rotatable bonds is 0. The maximum absolute atomic E-state index is 12.0. The van der Waals surface area contributed by atoms with E-state index in [2.05, 4.69) is 14.9 Å². The van der Waals surface area contributed by atoms with E-state index in [9.17, 15) is 4.79 Å². The standard InChI is InChI=1S/C13H8O2.C2H2N2O/c14-13-9-5-1-3-7-11(9)15-12-8-4-2-6-10(12)13;1-2-5-4-3-1/h1-8H;1-2H. The molecule has 0 aliphatic carbocycles. The topological polar surface area (TPSA) is 69.1 Å². The van der Waals surface area contributed by atoms with Crippen LogP contribution < -0.4 is 5.43 Å². The largest absolute Gasteiger partial charge is 0.456 e. The van der Waals surface area contributed by atoms with Gasteiger partial charge in [-0.05, 0) is 24.3 Å². The second kappa shape index (κ2) is 5.36. The van der Waals surface area contributed by atoms with Crippen LogP contribution >= 0.6 is 0 Å². The fourth-order valence-corrected chi connectivity index (χ4v) is 1.89. The Labute approximate surface area is 113 Å². The molecule has 4 rings (SSSR count). The van der Waals surface area contributed by atoms with Crippen molar-refractivity contribution in [1.82, 2.24) is 10.4 Å². The number of para-hydroxylation sites is 2. The van der Waals surface area contributed by atoms with Crippen molar-refractivity contribution in [3.63, 3.8) is 0 Å². The van der Waals surface area contributed by atoms with Gasteiger partial charge in [0.2, 0.25) is 5.43 Å². The van der Waals surface area contributed by atoms with Gasteiger partial charge in [-0.3, -0.25) is 4.79 Å². The summed E-state index contributed by atoms with van der Waals surface area (Å²) in [6, 6.07) is 14.6. The van der Waals surface area contributed by atoms with Crippen LogP contribution in [0.4, 0.5) is 0 Å². The summed E-state index contributed by atoms with van der Waals surface area (Å²) < 4.78 is 9.85. The zero-order valence-electron chi connectivity index (χ0n) is 10.4. The van der Waals surface area contributed by atoms with Crippen LogP contribution in [0.25, 0.3) is 21.9 Å². The quantitative estimate of drug-likeness (QED) is 0.457. The van der Waals surface area contributed by atoms with Gasteiger partial charge >= 0.3 is 0 Å². The molecular weight excluding hydrogens is 256 g/mol. The number of benzene rings is 2. The molecule has 0 bridgehead atoms. The van der Waals surface area contributed by atoms with Crippen LogP contribution in [0.2, 0.25) is 0 Å². The average molecular weight is 266 g/mol. The van der Waals surface area contributed by atoms with Crippen LogP contribution in [0.1, 0.15) is 0 Å². The van der Waals surface area contributed by atoms with Crippen LogP contribution in [0.15, 0.2) is 74.7 Å². The van der Waals surface area contributed by atoms with Crippen LogP contribution in [0, 0.1) is 0 Å². The summed E-state index contributed by atoms with van der Waals surface area (Å²) >= 11 is 0. The Balaban J connectivity index is 0.000000205. The summed E-state index contributed by atoms with van der Waals surface area (Å²) in [6.45, 7) is 0. The summed E-state index contributed by atoms with van der Waals surface area (Å²) in [4.78, 5) is 12.0. The summed E-state index contributed by atoms with van der Waals surface area (Å²) in [5, 5.41) is 7.67. The minimum Gasteiger partial charge on any atom is -0.456 e. The highest BCUT2D eigenvalue weighted by atomic mass is 16.5. The van der Waals surface area contributed by atoms with E-state index in [1.165, 1.54) is 12.5 Å². The summed E-state index contributed by atoms with van der Waals surface area (Å²) in [6.07, 6.45) is 2.88. The lowest BCUT2D eigenvalue weighted by atomic mass is 10.1. The molecule has 5 heteroatoms. The molecule has 0 atom stereocenters. The van der Waals surface area contributed by atoms with E-state index in [-0.39, 0.29) is 5.43 Å². The monoisotopic (exact) mass is 266 g/mol. The molecule has 0 N–H and O–H groups in total. The lowest BCUT2D eigenvalue weighted by Crippen LogP contribution is -2.01. The van der Waals surface area contributed by atoms with Gasteiger partial charge in [0.25, 0.3) is 0 Å². The smallest absolute Gasteiger partial charge is 0.200 e. The van der Waals surface area contributed by atoms with E-state index >= 15 is 0 Å². The first-order valence-electron chi connectivity index (χ1n) is 5.98. The maximum Gasteiger partial charge on any atom is 0.200 e. The third kappa shape index (κ3) is 2.29. The van der Waals surface area contributed by atoms with Gasteiger partial charge in [-0.1, -0.05) is 24.3 Å². The number of nitrogens with zero attached hydrogens (tertiary/aromatic N) is 2. The van der Waals surface area contributed by atoms with Crippen molar-refractivity contribution < 1.29 is 8.94 Å². The Morgan fingerprint density at radius 1 is 0.850 bits per heavy atom. The summed E-state index contributed by atoms with van der Waals surface area (Å²) in [5.41, 5.74) is 1.31. The van der Waals surface area contributed by atoms with Gasteiger partial charge < -0.3 is 8.94 Å². The van der Waals surface area contributed by atoms with Crippen LogP contribution in [0.5, 0.6) is 0 Å². The first kappa shape index (κ1) is 12.1. The Bertz CT molecular complexity index is 808.